The monoisotopic (exact) mass is 267 g/mol. The molecule has 2 heterocycles. The van der Waals surface area contributed by atoms with Gasteiger partial charge in [-0.2, -0.15) is 25.6 Å². The van der Waals surface area contributed by atoms with E-state index >= 15 is 0 Å². The van der Waals surface area contributed by atoms with Crippen molar-refractivity contribution < 1.29 is 0 Å². The van der Waals surface area contributed by atoms with Crippen molar-refractivity contribution in [3.05, 3.63) is 51.2 Å². The summed E-state index contributed by atoms with van der Waals surface area (Å²) in [6.07, 6.45) is 5.26. The lowest BCUT2D eigenvalue weighted by molar-refractivity contribution is 0.526. The standard InChI is InChI=1S/C10H7Cl2N5/c11-7-4-9(12)8-6-17(15-14-10(8)5-7)16-3-1-2-13-16/h1-6,15H. The van der Waals surface area contributed by atoms with Crippen molar-refractivity contribution in [1.29, 1.82) is 0 Å². The molecule has 0 unspecified atom stereocenters. The Morgan fingerprint density at radius 2 is 2.12 bits per heavy atom. The van der Waals surface area contributed by atoms with Crippen LogP contribution in [0, 0.1) is 0 Å². The number of aromatic nitrogens is 2. The van der Waals surface area contributed by atoms with Crippen molar-refractivity contribution in [2.45, 2.75) is 0 Å². The topological polar surface area (TPSA) is 45.5 Å². The molecule has 0 amide bonds. The number of hydrogen-bond donors (Lipinski definition) is 1. The summed E-state index contributed by atoms with van der Waals surface area (Å²) in [5.74, 6) is 0. The molecule has 1 aromatic carbocycles. The van der Waals surface area contributed by atoms with Crippen molar-refractivity contribution in [3.63, 3.8) is 0 Å². The van der Waals surface area contributed by atoms with Gasteiger partial charge in [-0.1, -0.05) is 23.2 Å². The Morgan fingerprint density at radius 3 is 2.88 bits per heavy atom. The third-order valence-corrected chi connectivity index (χ3v) is 2.84. The van der Waals surface area contributed by atoms with E-state index < -0.39 is 0 Å². The summed E-state index contributed by atoms with van der Waals surface area (Å²) in [6.45, 7) is 0. The zero-order chi connectivity index (χ0) is 11.8. The Labute approximate surface area is 106 Å². The smallest absolute Gasteiger partial charge is 0.0968 e. The number of fused-ring (bicyclic) bond motifs is 1. The van der Waals surface area contributed by atoms with Gasteiger partial charge in [0.25, 0.3) is 0 Å². The number of rotatable bonds is 1. The predicted octanol–water partition coefficient (Wildman–Crippen LogP) is 0.619. The molecule has 0 saturated heterocycles. The molecule has 2 aromatic rings. The molecule has 1 aromatic heterocycles. The highest BCUT2D eigenvalue weighted by molar-refractivity contribution is 6.34. The van der Waals surface area contributed by atoms with Crippen LogP contribution in [0.5, 0.6) is 0 Å². The highest BCUT2D eigenvalue weighted by Gasteiger charge is 2.08. The Hall–Kier alpha value is -1.72. The van der Waals surface area contributed by atoms with Gasteiger partial charge in [-0.05, 0) is 18.2 Å². The molecule has 0 aliphatic carbocycles. The first-order valence-corrected chi connectivity index (χ1v) is 5.59. The lowest BCUT2D eigenvalue weighted by Crippen LogP contribution is -2.48. The second-order valence-corrected chi connectivity index (χ2v) is 4.28. The SMILES string of the molecule is Clc1cc(Cl)c2c(c1)=NNN(n1cccn1)C=2. The summed E-state index contributed by atoms with van der Waals surface area (Å²) in [6, 6.07) is 5.24. The minimum atomic E-state index is 0.551. The van der Waals surface area contributed by atoms with Crippen LogP contribution in [0.1, 0.15) is 0 Å². The minimum absolute atomic E-state index is 0.551. The van der Waals surface area contributed by atoms with Crippen LogP contribution in [0.15, 0.2) is 35.7 Å². The van der Waals surface area contributed by atoms with E-state index in [0.717, 1.165) is 5.22 Å². The number of nitrogens with zero attached hydrogens (tertiary/aromatic N) is 4. The zero-order valence-electron chi connectivity index (χ0n) is 8.51. The van der Waals surface area contributed by atoms with E-state index in [1.54, 1.807) is 40.6 Å². The molecular formula is C10H7Cl2N5. The maximum Gasteiger partial charge on any atom is 0.0968 e. The molecule has 0 bridgehead atoms. The molecule has 0 spiro atoms. The molecule has 7 heteroatoms. The zero-order valence-corrected chi connectivity index (χ0v) is 10.0. The lowest BCUT2D eigenvalue weighted by atomic mass is 10.3. The van der Waals surface area contributed by atoms with Gasteiger partial charge in [0.15, 0.2) is 0 Å². The highest BCUT2D eigenvalue weighted by atomic mass is 35.5. The fraction of sp³-hybridized carbons (Fsp3) is 0. The molecule has 1 aliphatic rings. The molecule has 0 fully saturated rings. The maximum atomic E-state index is 6.11. The van der Waals surface area contributed by atoms with E-state index in [2.05, 4.69) is 15.7 Å². The lowest BCUT2D eigenvalue weighted by Gasteiger charge is -2.21. The van der Waals surface area contributed by atoms with Gasteiger partial charge in [0.1, 0.15) is 0 Å². The summed E-state index contributed by atoms with van der Waals surface area (Å²) < 4.78 is 0. The van der Waals surface area contributed by atoms with Crippen LogP contribution in [0.3, 0.4) is 0 Å². The second-order valence-electron chi connectivity index (χ2n) is 3.43. The number of hydrazine groups is 1. The van der Waals surface area contributed by atoms with Crippen molar-refractivity contribution in [2.24, 2.45) is 5.10 Å². The van der Waals surface area contributed by atoms with E-state index in [1.807, 2.05) is 6.07 Å². The third kappa shape index (κ3) is 1.83. The fourth-order valence-corrected chi connectivity index (χ4v) is 2.07. The Bertz CT molecular complexity index is 665. The molecule has 17 heavy (non-hydrogen) atoms. The summed E-state index contributed by atoms with van der Waals surface area (Å²) in [7, 11) is 0. The summed E-state index contributed by atoms with van der Waals surface area (Å²) >= 11 is 12.0. The van der Waals surface area contributed by atoms with Gasteiger partial charge in [-0.15, -0.1) is 0 Å². The number of halogens is 2. The van der Waals surface area contributed by atoms with Crippen molar-refractivity contribution in [3.8, 4) is 0 Å². The number of nitrogens with one attached hydrogen (secondary N) is 1. The van der Waals surface area contributed by atoms with Gasteiger partial charge in [0.2, 0.25) is 0 Å². The van der Waals surface area contributed by atoms with E-state index in [-0.39, 0.29) is 0 Å². The second kappa shape index (κ2) is 3.94. The van der Waals surface area contributed by atoms with Crippen LogP contribution in [0.4, 0.5) is 0 Å². The average molecular weight is 268 g/mol. The normalized spacial score (nSPS) is 13.4. The first-order valence-electron chi connectivity index (χ1n) is 4.83. The largest absolute Gasteiger partial charge is 0.197 e. The van der Waals surface area contributed by atoms with Gasteiger partial charge in [-0.25, -0.2) is 0 Å². The minimum Gasteiger partial charge on any atom is -0.197 e. The third-order valence-electron chi connectivity index (χ3n) is 2.31. The van der Waals surface area contributed by atoms with Crippen LogP contribution >= 0.6 is 23.2 Å². The molecule has 5 nitrogen and oxygen atoms in total. The molecule has 0 radical (unpaired) electrons. The van der Waals surface area contributed by atoms with E-state index in [9.17, 15) is 0 Å². The quantitative estimate of drug-likeness (QED) is 0.824. The number of benzene rings is 1. The first-order chi connectivity index (χ1) is 8.24. The summed E-state index contributed by atoms with van der Waals surface area (Å²) in [4.78, 5) is 1.59. The van der Waals surface area contributed by atoms with Crippen LogP contribution in [0.25, 0.3) is 6.20 Å². The van der Waals surface area contributed by atoms with Crippen molar-refractivity contribution in [1.82, 2.24) is 15.4 Å². The predicted molar refractivity (Wildman–Crippen MR) is 65.3 cm³/mol. The maximum absolute atomic E-state index is 6.11. The molecular weight excluding hydrogens is 261 g/mol. The Morgan fingerprint density at radius 1 is 1.24 bits per heavy atom. The molecule has 3 rings (SSSR count). The Balaban J connectivity index is 2.16. The van der Waals surface area contributed by atoms with Gasteiger partial charge >= 0.3 is 0 Å². The van der Waals surface area contributed by atoms with E-state index in [1.165, 1.54) is 0 Å². The molecule has 86 valence electrons. The van der Waals surface area contributed by atoms with Crippen LogP contribution in [-0.4, -0.2) is 9.89 Å². The number of hydrogen-bond acceptors (Lipinski definition) is 4. The van der Waals surface area contributed by atoms with E-state index in [0.29, 0.717) is 15.4 Å². The van der Waals surface area contributed by atoms with Crippen molar-refractivity contribution in [2.75, 3.05) is 5.12 Å². The van der Waals surface area contributed by atoms with Gasteiger partial charge in [0.05, 0.1) is 29.0 Å². The first kappa shape index (κ1) is 10.4. The fourth-order valence-electron chi connectivity index (χ4n) is 1.54. The molecule has 1 aliphatic heterocycles. The van der Waals surface area contributed by atoms with Crippen molar-refractivity contribution >= 4 is 29.4 Å². The average Bonchev–Trinajstić information content (AvgIpc) is 2.82. The Kier molecular flexibility index (Phi) is 2.42. The van der Waals surface area contributed by atoms with E-state index in [4.69, 9.17) is 23.2 Å². The van der Waals surface area contributed by atoms with Crippen LogP contribution < -0.4 is 21.2 Å². The van der Waals surface area contributed by atoms with Gasteiger partial charge in [-0.3, -0.25) is 0 Å². The summed E-state index contributed by atoms with van der Waals surface area (Å²) in [5, 5.41) is 12.5. The van der Waals surface area contributed by atoms with Crippen LogP contribution in [0.2, 0.25) is 10.0 Å². The van der Waals surface area contributed by atoms with Crippen LogP contribution in [-0.2, 0) is 0 Å². The molecule has 0 saturated carbocycles. The van der Waals surface area contributed by atoms with Gasteiger partial charge in [0, 0.05) is 10.2 Å². The highest BCUT2D eigenvalue weighted by Crippen LogP contribution is 2.09. The molecule has 1 N–H and O–H groups in total. The summed E-state index contributed by atoms with van der Waals surface area (Å²) in [5.41, 5.74) is 2.82. The molecule has 0 atom stereocenters. The van der Waals surface area contributed by atoms with Gasteiger partial charge < -0.3 is 0 Å².